The van der Waals surface area contributed by atoms with Gasteiger partial charge in [-0.25, -0.2) is 0 Å². The second kappa shape index (κ2) is 11.7. The van der Waals surface area contributed by atoms with E-state index in [1.165, 1.54) is 105 Å². The molecule has 2 atom stereocenters. The Kier molecular flexibility index (Phi) is 7.87. The van der Waals surface area contributed by atoms with Crippen LogP contribution in [-0.4, -0.2) is 9.13 Å². The maximum atomic E-state index is 2.50. The number of fused-ring (bicyclic) bond motifs is 9. The van der Waals surface area contributed by atoms with Crippen molar-refractivity contribution in [2.24, 2.45) is 11.8 Å². The average Bonchev–Trinajstić information content (AvgIpc) is 3.60. The second-order valence-electron chi connectivity index (χ2n) is 12.2. The summed E-state index contributed by atoms with van der Waals surface area (Å²) in [4.78, 5) is 0. The first-order valence-electron chi connectivity index (χ1n) is 16.0. The van der Waals surface area contributed by atoms with Crippen LogP contribution in [0.1, 0.15) is 79.1 Å². The Balaban J connectivity index is 1.39. The lowest BCUT2D eigenvalue weighted by Gasteiger charge is -2.17. The van der Waals surface area contributed by atoms with Gasteiger partial charge >= 0.3 is 0 Å². The zero-order valence-corrected chi connectivity index (χ0v) is 25.0. The quantitative estimate of drug-likeness (QED) is 0.139. The van der Waals surface area contributed by atoms with Crippen LogP contribution in [0.25, 0.3) is 54.1 Å². The third-order valence-corrected chi connectivity index (χ3v) is 9.69. The smallest absolute Gasteiger partial charge is 0.0486 e. The number of benzene rings is 4. The molecule has 0 spiro atoms. The van der Waals surface area contributed by atoms with Gasteiger partial charge in [-0.15, -0.1) is 0 Å². The normalized spacial score (nSPS) is 13.8. The molecule has 0 radical (unpaired) electrons. The van der Waals surface area contributed by atoms with E-state index in [4.69, 9.17) is 0 Å². The highest BCUT2D eigenvalue weighted by Gasteiger charge is 2.15. The van der Waals surface area contributed by atoms with E-state index in [0.717, 1.165) is 24.9 Å². The van der Waals surface area contributed by atoms with E-state index in [2.05, 4.69) is 110 Å². The van der Waals surface area contributed by atoms with E-state index < -0.39 is 0 Å². The summed E-state index contributed by atoms with van der Waals surface area (Å²) in [5.41, 5.74) is 2.74. The molecule has 0 N–H and O–H groups in total. The molecule has 2 nitrogen and oxygen atoms in total. The van der Waals surface area contributed by atoms with Crippen molar-refractivity contribution in [3.05, 3.63) is 73.1 Å². The molecule has 6 rings (SSSR count). The number of unbranched alkanes of at least 4 members (excludes halogenated alkanes) is 2. The molecule has 2 unspecified atom stereocenters. The Morgan fingerprint density at radius 2 is 0.800 bits per heavy atom. The summed E-state index contributed by atoms with van der Waals surface area (Å²) in [6.45, 7) is 11.5. The summed E-state index contributed by atoms with van der Waals surface area (Å²) in [6.07, 6.45) is 15.0. The molecule has 0 aliphatic carbocycles. The molecule has 2 aromatic heterocycles. The predicted molar refractivity (Wildman–Crippen MR) is 177 cm³/mol. The largest absolute Gasteiger partial charge is 0.347 e. The van der Waals surface area contributed by atoms with Crippen molar-refractivity contribution in [3.8, 4) is 0 Å². The van der Waals surface area contributed by atoms with Gasteiger partial charge in [0.2, 0.25) is 0 Å². The molecule has 4 aromatic carbocycles. The summed E-state index contributed by atoms with van der Waals surface area (Å²) in [7, 11) is 0. The van der Waals surface area contributed by atoms with E-state index >= 15 is 0 Å². The lowest BCUT2D eigenvalue weighted by Crippen LogP contribution is -2.09. The topological polar surface area (TPSA) is 9.86 Å². The molecule has 2 heterocycles. The van der Waals surface area contributed by atoms with Gasteiger partial charge in [-0.05, 0) is 81.3 Å². The van der Waals surface area contributed by atoms with Crippen molar-refractivity contribution < 1.29 is 0 Å². The summed E-state index contributed by atoms with van der Waals surface area (Å²) >= 11 is 0. The van der Waals surface area contributed by atoms with Crippen molar-refractivity contribution in [1.29, 1.82) is 0 Å². The maximum Gasteiger partial charge on any atom is 0.0486 e. The van der Waals surface area contributed by atoms with Gasteiger partial charge in [0.15, 0.2) is 0 Å². The molecule has 40 heavy (non-hydrogen) atoms. The molecule has 0 amide bonds. The van der Waals surface area contributed by atoms with Gasteiger partial charge in [0, 0.05) is 47.3 Å². The molecular weight excluding hydrogens is 484 g/mol. The molecule has 0 aliphatic heterocycles. The molecule has 0 saturated heterocycles. The Morgan fingerprint density at radius 3 is 1.15 bits per heavy atom. The summed E-state index contributed by atoms with van der Waals surface area (Å²) in [6, 6.07) is 23.6. The van der Waals surface area contributed by atoms with Crippen LogP contribution < -0.4 is 0 Å². The Labute approximate surface area is 240 Å². The zero-order valence-electron chi connectivity index (χ0n) is 25.0. The van der Waals surface area contributed by atoms with Crippen LogP contribution >= 0.6 is 0 Å². The first kappa shape index (κ1) is 26.9. The van der Waals surface area contributed by atoms with Crippen LogP contribution in [0.5, 0.6) is 0 Å². The lowest BCUT2D eigenvalue weighted by atomic mass is 9.94. The minimum absolute atomic E-state index is 0.755. The van der Waals surface area contributed by atoms with Crippen molar-refractivity contribution >= 4 is 54.1 Å². The van der Waals surface area contributed by atoms with E-state index in [0.29, 0.717) is 0 Å². The van der Waals surface area contributed by atoms with Crippen molar-refractivity contribution in [3.63, 3.8) is 0 Å². The summed E-state index contributed by atoms with van der Waals surface area (Å²) in [5.74, 6) is 1.51. The van der Waals surface area contributed by atoms with Crippen molar-refractivity contribution in [2.75, 3.05) is 0 Å². The third-order valence-electron chi connectivity index (χ3n) is 9.69. The Hall–Kier alpha value is -3.26. The third kappa shape index (κ3) is 4.80. The molecule has 208 valence electrons. The van der Waals surface area contributed by atoms with Crippen LogP contribution in [0.4, 0.5) is 0 Å². The van der Waals surface area contributed by atoms with Gasteiger partial charge in [-0.1, -0.05) is 103 Å². The van der Waals surface area contributed by atoms with Crippen molar-refractivity contribution in [1.82, 2.24) is 9.13 Å². The minimum Gasteiger partial charge on any atom is -0.347 e. The van der Waals surface area contributed by atoms with Crippen LogP contribution in [0.3, 0.4) is 0 Å². The molecule has 0 bridgehead atoms. The second-order valence-corrected chi connectivity index (χ2v) is 12.2. The van der Waals surface area contributed by atoms with Gasteiger partial charge < -0.3 is 9.13 Å². The number of aromatic nitrogens is 2. The van der Waals surface area contributed by atoms with Gasteiger partial charge in [0.05, 0.1) is 0 Å². The van der Waals surface area contributed by atoms with E-state index in [9.17, 15) is 0 Å². The first-order chi connectivity index (χ1) is 19.7. The van der Waals surface area contributed by atoms with Gasteiger partial charge in [0.25, 0.3) is 0 Å². The number of hydrogen-bond acceptors (Lipinski definition) is 0. The Bertz CT molecular complexity index is 1630. The summed E-state index contributed by atoms with van der Waals surface area (Å²) in [5, 5.41) is 10.9. The fraction of sp³-hybridized carbons (Fsp3) is 0.421. The van der Waals surface area contributed by atoms with Gasteiger partial charge in [0.1, 0.15) is 0 Å². The van der Waals surface area contributed by atoms with Gasteiger partial charge in [-0.3, -0.25) is 0 Å². The molecule has 2 heteroatoms. The zero-order chi connectivity index (χ0) is 27.6. The van der Waals surface area contributed by atoms with E-state index in [1.807, 2.05) is 0 Å². The number of nitrogens with zero attached hydrogens (tertiary/aromatic N) is 2. The van der Waals surface area contributed by atoms with Crippen LogP contribution in [0, 0.1) is 11.8 Å². The first-order valence-corrected chi connectivity index (χ1v) is 16.0. The van der Waals surface area contributed by atoms with E-state index in [-0.39, 0.29) is 0 Å². The predicted octanol–water partition coefficient (Wildman–Crippen LogP) is 11.5. The summed E-state index contributed by atoms with van der Waals surface area (Å²) < 4.78 is 4.99. The highest BCUT2D eigenvalue weighted by Crippen LogP contribution is 2.38. The highest BCUT2D eigenvalue weighted by atomic mass is 15.0. The standard InChI is InChI=1S/C38H46N2/c1-5-9-11-27(7-3)25-39-23-21-35-33-15-13-30-29(31(33)17-19-37(35)39)14-16-34-32(30)18-20-38-36(34)22-24-40(38)26-28(8-4)12-10-6-2/h13-24,27-28H,5-12,25-26H2,1-4H3. The molecule has 0 aliphatic rings. The highest BCUT2D eigenvalue weighted by molar-refractivity contribution is 6.24. The number of rotatable bonds is 12. The van der Waals surface area contributed by atoms with Crippen LogP contribution in [-0.2, 0) is 13.1 Å². The molecule has 0 fully saturated rings. The van der Waals surface area contributed by atoms with E-state index in [1.54, 1.807) is 0 Å². The molecule has 6 aromatic rings. The fourth-order valence-electron chi connectivity index (χ4n) is 7.11. The van der Waals surface area contributed by atoms with Crippen LogP contribution in [0.15, 0.2) is 73.1 Å². The number of hydrogen-bond donors (Lipinski definition) is 0. The monoisotopic (exact) mass is 530 g/mol. The van der Waals surface area contributed by atoms with Crippen LogP contribution in [0.2, 0.25) is 0 Å². The Morgan fingerprint density at radius 1 is 0.450 bits per heavy atom. The molecular formula is C38H46N2. The SMILES string of the molecule is CCCCC(CC)Cn1ccc2c3ccc4c(ccc5c4ccc4c5ccn4CC(CC)CCCC)c3ccc21. The fourth-order valence-corrected chi connectivity index (χ4v) is 7.11. The maximum absolute atomic E-state index is 2.50. The lowest BCUT2D eigenvalue weighted by molar-refractivity contribution is 0.396. The van der Waals surface area contributed by atoms with Crippen molar-refractivity contribution in [2.45, 2.75) is 92.2 Å². The minimum atomic E-state index is 0.755. The average molecular weight is 531 g/mol. The van der Waals surface area contributed by atoms with Gasteiger partial charge in [-0.2, -0.15) is 0 Å². The molecule has 0 saturated carbocycles.